The zero-order valence-electron chi connectivity index (χ0n) is 20.6. The molecule has 3 aromatic carbocycles. The van der Waals surface area contributed by atoms with E-state index in [4.69, 9.17) is 0 Å². The summed E-state index contributed by atoms with van der Waals surface area (Å²) >= 11 is 1.91. The number of fused-ring (bicyclic) bond motifs is 3. The smallest absolute Gasteiger partial charge is 0.0358 e. The summed E-state index contributed by atoms with van der Waals surface area (Å²) in [7, 11) is 0. The highest BCUT2D eigenvalue weighted by Crippen LogP contribution is 2.45. The van der Waals surface area contributed by atoms with Crippen LogP contribution in [0.15, 0.2) is 54.6 Å². The van der Waals surface area contributed by atoms with E-state index in [0.717, 1.165) is 0 Å². The molecule has 31 heavy (non-hydrogen) atoms. The van der Waals surface area contributed by atoms with Gasteiger partial charge in [0.25, 0.3) is 0 Å². The fraction of sp³-hybridized carbons (Fsp3) is 0.400. The summed E-state index contributed by atoms with van der Waals surface area (Å²) in [6, 6.07) is 20.9. The van der Waals surface area contributed by atoms with Gasteiger partial charge in [-0.05, 0) is 56.2 Å². The van der Waals surface area contributed by atoms with Crippen molar-refractivity contribution in [1.29, 1.82) is 0 Å². The Morgan fingerprint density at radius 3 is 1.71 bits per heavy atom. The first-order valence-corrected chi connectivity index (χ1v) is 12.2. The van der Waals surface area contributed by atoms with Gasteiger partial charge < -0.3 is 0 Å². The number of rotatable bonds is 1. The fourth-order valence-electron chi connectivity index (χ4n) is 4.49. The summed E-state index contributed by atoms with van der Waals surface area (Å²) in [6.07, 6.45) is 0. The maximum atomic E-state index is 2.43. The number of benzene rings is 3. The maximum absolute atomic E-state index is 2.43. The highest BCUT2D eigenvalue weighted by Gasteiger charge is 2.26. The summed E-state index contributed by atoms with van der Waals surface area (Å²) in [4.78, 5) is 0. The van der Waals surface area contributed by atoms with Crippen molar-refractivity contribution < 1.29 is 0 Å². The molecule has 0 aliphatic rings. The standard InChI is InChI=1S/C30H36S/c1-28(2,3)20-16-19(17-21(18-20)29(4,5)6)22-14-15-25-26(27(22)30(7,8)9)23-12-10-11-13-24(23)31-25/h10-18H,1-9H3. The average molecular weight is 429 g/mol. The van der Waals surface area contributed by atoms with Crippen LogP contribution in [0, 0.1) is 0 Å². The first-order chi connectivity index (χ1) is 14.3. The Hall–Kier alpha value is -2.12. The van der Waals surface area contributed by atoms with Crippen molar-refractivity contribution in [1.82, 2.24) is 0 Å². The highest BCUT2D eigenvalue weighted by molar-refractivity contribution is 7.25. The van der Waals surface area contributed by atoms with Crippen LogP contribution in [0.25, 0.3) is 31.3 Å². The van der Waals surface area contributed by atoms with E-state index in [2.05, 4.69) is 117 Å². The molecule has 0 radical (unpaired) electrons. The van der Waals surface area contributed by atoms with Crippen molar-refractivity contribution in [3.63, 3.8) is 0 Å². The van der Waals surface area contributed by atoms with Crippen LogP contribution in [0.3, 0.4) is 0 Å². The highest BCUT2D eigenvalue weighted by atomic mass is 32.1. The van der Waals surface area contributed by atoms with Crippen LogP contribution in [0.1, 0.15) is 79.0 Å². The molecule has 0 amide bonds. The fourth-order valence-corrected chi connectivity index (χ4v) is 5.60. The van der Waals surface area contributed by atoms with Crippen LogP contribution in [-0.2, 0) is 16.2 Å². The van der Waals surface area contributed by atoms with Crippen LogP contribution in [0.5, 0.6) is 0 Å². The van der Waals surface area contributed by atoms with Gasteiger partial charge in [0.15, 0.2) is 0 Å². The third kappa shape index (κ3) is 4.05. The minimum absolute atomic E-state index is 0.0400. The second-order valence-electron chi connectivity index (χ2n) is 12.0. The van der Waals surface area contributed by atoms with Gasteiger partial charge in [-0.15, -0.1) is 11.3 Å². The second-order valence-corrected chi connectivity index (χ2v) is 13.1. The Bertz CT molecular complexity index is 1230. The third-order valence-corrected chi connectivity index (χ3v) is 7.41. The summed E-state index contributed by atoms with van der Waals surface area (Å²) in [5.41, 5.74) is 7.26. The van der Waals surface area contributed by atoms with Crippen molar-refractivity contribution in [3.8, 4) is 11.1 Å². The molecule has 0 spiro atoms. The lowest BCUT2D eigenvalue weighted by Gasteiger charge is -2.29. The third-order valence-electron chi connectivity index (χ3n) is 6.27. The second kappa shape index (κ2) is 7.20. The van der Waals surface area contributed by atoms with Crippen LogP contribution < -0.4 is 0 Å². The molecule has 0 bridgehead atoms. The molecule has 0 aliphatic heterocycles. The van der Waals surface area contributed by atoms with E-state index in [-0.39, 0.29) is 16.2 Å². The Labute approximate surface area is 192 Å². The van der Waals surface area contributed by atoms with Gasteiger partial charge in [-0.1, -0.05) is 105 Å². The summed E-state index contributed by atoms with van der Waals surface area (Å²) in [5.74, 6) is 0. The normalized spacial score (nSPS) is 13.3. The molecule has 0 saturated carbocycles. The Morgan fingerprint density at radius 2 is 1.16 bits per heavy atom. The van der Waals surface area contributed by atoms with Crippen molar-refractivity contribution in [3.05, 3.63) is 71.3 Å². The van der Waals surface area contributed by atoms with Crippen LogP contribution in [0.2, 0.25) is 0 Å². The lowest BCUT2D eigenvalue weighted by Crippen LogP contribution is -2.17. The van der Waals surface area contributed by atoms with Gasteiger partial charge >= 0.3 is 0 Å². The molecule has 1 aromatic heterocycles. The average Bonchev–Trinajstić information content (AvgIpc) is 3.03. The first-order valence-electron chi connectivity index (χ1n) is 11.4. The Balaban J connectivity index is 2.12. The minimum atomic E-state index is 0.0400. The zero-order chi connectivity index (χ0) is 22.8. The van der Waals surface area contributed by atoms with Crippen molar-refractivity contribution in [2.45, 2.75) is 78.6 Å². The van der Waals surface area contributed by atoms with Gasteiger partial charge in [0, 0.05) is 20.2 Å². The molecule has 0 aliphatic carbocycles. The Morgan fingerprint density at radius 1 is 0.581 bits per heavy atom. The van der Waals surface area contributed by atoms with Gasteiger partial charge in [-0.3, -0.25) is 0 Å². The van der Waals surface area contributed by atoms with E-state index in [1.807, 2.05) is 11.3 Å². The summed E-state index contributed by atoms with van der Waals surface area (Å²) in [5, 5.41) is 2.82. The predicted octanol–water partition coefficient (Wildman–Crippen LogP) is 9.61. The molecule has 162 valence electrons. The molecular weight excluding hydrogens is 392 g/mol. The van der Waals surface area contributed by atoms with Gasteiger partial charge in [-0.25, -0.2) is 0 Å². The molecule has 0 fully saturated rings. The van der Waals surface area contributed by atoms with E-state index in [0.29, 0.717) is 0 Å². The summed E-state index contributed by atoms with van der Waals surface area (Å²) in [6.45, 7) is 21.0. The molecule has 0 N–H and O–H groups in total. The molecule has 4 aromatic rings. The summed E-state index contributed by atoms with van der Waals surface area (Å²) < 4.78 is 2.76. The number of hydrogen-bond acceptors (Lipinski definition) is 1. The van der Waals surface area contributed by atoms with E-state index >= 15 is 0 Å². The van der Waals surface area contributed by atoms with Crippen LogP contribution in [-0.4, -0.2) is 0 Å². The molecule has 0 unspecified atom stereocenters. The molecule has 1 heteroatoms. The van der Waals surface area contributed by atoms with Crippen LogP contribution >= 0.6 is 11.3 Å². The van der Waals surface area contributed by atoms with Crippen molar-refractivity contribution >= 4 is 31.5 Å². The SMILES string of the molecule is CC(C)(C)c1cc(-c2ccc3sc4ccccc4c3c2C(C)(C)C)cc(C(C)(C)C)c1. The quantitative estimate of drug-likeness (QED) is 0.283. The minimum Gasteiger partial charge on any atom is -0.135 e. The zero-order valence-corrected chi connectivity index (χ0v) is 21.4. The molecular formula is C30H36S. The lowest BCUT2D eigenvalue weighted by atomic mass is 9.75. The van der Waals surface area contributed by atoms with Crippen molar-refractivity contribution in [2.24, 2.45) is 0 Å². The number of thiophene rings is 1. The Kier molecular flexibility index (Phi) is 5.13. The van der Waals surface area contributed by atoms with Gasteiger partial charge in [0.1, 0.15) is 0 Å². The predicted molar refractivity (Wildman–Crippen MR) is 141 cm³/mol. The van der Waals surface area contributed by atoms with E-state index in [1.165, 1.54) is 48.0 Å². The topological polar surface area (TPSA) is 0 Å². The van der Waals surface area contributed by atoms with E-state index in [9.17, 15) is 0 Å². The molecule has 1 heterocycles. The monoisotopic (exact) mass is 428 g/mol. The molecule has 0 saturated heterocycles. The largest absolute Gasteiger partial charge is 0.135 e. The lowest BCUT2D eigenvalue weighted by molar-refractivity contribution is 0.568. The molecule has 0 nitrogen and oxygen atoms in total. The van der Waals surface area contributed by atoms with Gasteiger partial charge in [-0.2, -0.15) is 0 Å². The van der Waals surface area contributed by atoms with Crippen molar-refractivity contribution in [2.75, 3.05) is 0 Å². The number of hydrogen-bond donors (Lipinski definition) is 0. The van der Waals surface area contributed by atoms with E-state index in [1.54, 1.807) is 0 Å². The van der Waals surface area contributed by atoms with Crippen LogP contribution in [0.4, 0.5) is 0 Å². The van der Waals surface area contributed by atoms with Gasteiger partial charge in [0.05, 0.1) is 0 Å². The maximum Gasteiger partial charge on any atom is 0.0358 e. The van der Waals surface area contributed by atoms with Gasteiger partial charge in [0.2, 0.25) is 0 Å². The first kappa shape index (κ1) is 22.1. The molecule has 0 atom stereocenters. The molecule has 4 rings (SSSR count). The van der Waals surface area contributed by atoms with E-state index < -0.39 is 0 Å².